The van der Waals surface area contributed by atoms with Crippen LogP contribution in [0.2, 0.25) is 0 Å². The van der Waals surface area contributed by atoms with Crippen LogP contribution in [0.4, 0.5) is 0 Å². The fourth-order valence-corrected chi connectivity index (χ4v) is 2.84. The minimum Gasteiger partial charge on any atom is -0.489 e. The van der Waals surface area contributed by atoms with Gasteiger partial charge in [-0.2, -0.15) is 0 Å². The van der Waals surface area contributed by atoms with Crippen molar-refractivity contribution in [3.05, 3.63) is 51.7 Å². The van der Waals surface area contributed by atoms with Crippen molar-refractivity contribution in [3.8, 4) is 5.75 Å². The van der Waals surface area contributed by atoms with Crippen molar-refractivity contribution in [2.75, 3.05) is 0 Å². The SMILES string of the molecule is CCc1ccc(OCc2csc(C(=O)NC3CC3)c2)cc1. The molecule has 110 valence electrons. The number of rotatable bonds is 6. The van der Waals surface area contributed by atoms with Gasteiger partial charge >= 0.3 is 0 Å². The first-order valence-electron chi connectivity index (χ1n) is 7.34. The number of aryl methyl sites for hydroxylation is 1. The summed E-state index contributed by atoms with van der Waals surface area (Å²) in [4.78, 5) is 12.7. The van der Waals surface area contributed by atoms with Gasteiger partial charge in [-0.15, -0.1) is 11.3 Å². The van der Waals surface area contributed by atoms with E-state index in [0.717, 1.165) is 35.5 Å². The summed E-state index contributed by atoms with van der Waals surface area (Å²) in [6.45, 7) is 2.63. The first kappa shape index (κ1) is 14.1. The van der Waals surface area contributed by atoms with Crippen LogP contribution in [0.3, 0.4) is 0 Å². The van der Waals surface area contributed by atoms with Gasteiger partial charge in [-0.25, -0.2) is 0 Å². The molecule has 1 aliphatic rings. The van der Waals surface area contributed by atoms with Crippen LogP contribution in [0.25, 0.3) is 0 Å². The fourth-order valence-electron chi connectivity index (χ4n) is 2.04. The zero-order valence-electron chi connectivity index (χ0n) is 12.1. The second-order valence-electron chi connectivity index (χ2n) is 5.35. The van der Waals surface area contributed by atoms with E-state index in [-0.39, 0.29) is 5.91 Å². The van der Waals surface area contributed by atoms with Gasteiger partial charge in [0, 0.05) is 11.6 Å². The Bertz CT molecular complexity index is 614. The molecule has 1 N–H and O–H groups in total. The quantitative estimate of drug-likeness (QED) is 0.881. The Hall–Kier alpha value is -1.81. The van der Waals surface area contributed by atoms with Crippen LogP contribution < -0.4 is 10.1 Å². The Morgan fingerprint density at radius 3 is 2.71 bits per heavy atom. The van der Waals surface area contributed by atoms with E-state index in [1.807, 2.05) is 23.6 Å². The van der Waals surface area contributed by atoms with E-state index < -0.39 is 0 Å². The topological polar surface area (TPSA) is 38.3 Å². The van der Waals surface area contributed by atoms with Gasteiger partial charge in [-0.05, 0) is 48.4 Å². The summed E-state index contributed by atoms with van der Waals surface area (Å²) in [6, 6.07) is 10.5. The molecule has 4 heteroatoms. The van der Waals surface area contributed by atoms with Crippen molar-refractivity contribution in [1.29, 1.82) is 0 Å². The molecule has 0 atom stereocenters. The zero-order chi connectivity index (χ0) is 14.7. The van der Waals surface area contributed by atoms with Crippen molar-refractivity contribution in [2.24, 2.45) is 0 Å². The van der Waals surface area contributed by atoms with Gasteiger partial charge in [0.2, 0.25) is 0 Å². The van der Waals surface area contributed by atoms with Gasteiger partial charge < -0.3 is 10.1 Å². The first-order chi connectivity index (χ1) is 10.2. The average molecular weight is 301 g/mol. The van der Waals surface area contributed by atoms with E-state index in [4.69, 9.17) is 4.74 Å². The molecule has 1 aromatic heterocycles. The minimum atomic E-state index is 0.0426. The highest BCUT2D eigenvalue weighted by Crippen LogP contribution is 2.22. The molecule has 0 unspecified atom stereocenters. The summed E-state index contributed by atoms with van der Waals surface area (Å²) >= 11 is 1.48. The molecule has 1 saturated carbocycles. The lowest BCUT2D eigenvalue weighted by Crippen LogP contribution is -2.24. The smallest absolute Gasteiger partial charge is 0.261 e. The third-order valence-corrected chi connectivity index (χ3v) is 4.51. The van der Waals surface area contributed by atoms with Crippen LogP contribution in [0.1, 0.15) is 40.6 Å². The summed E-state index contributed by atoms with van der Waals surface area (Å²) in [6.07, 6.45) is 3.26. The largest absolute Gasteiger partial charge is 0.489 e. The monoisotopic (exact) mass is 301 g/mol. The van der Waals surface area contributed by atoms with Gasteiger partial charge in [-0.3, -0.25) is 4.79 Å². The van der Waals surface area contributed by atoms with E-state index in [9.17, 15) is 4.79 Å². The van der Waals surface area contributed by atoms with Gasteiger partial charge in [-0.1, -0.05) is 19.1 Å². The van der Waals surface area contributed by atoms with Crippen molar-refractivity contribution < 1.29 is 9.53 Å². The van der Waals surface area contributed by atoms with Crippen LogP contribution in [0, 0.1) is 0 Å². The molecule has 1 fully saturated rings. The lowest BCUT2D eigenvalue weighted by Gasteiger charge is -2.05. The van der Waals surface area contributed by atoms with E-state index in [1.165, 1.54) is 16.9 Å². The molecular weight excluding hydrogens is 282 g/mol. The van der Waals surface area contributed by atoms with Gasteiger partial charge in [0.15, 0.2) is 0 Å². The molecule has 3 rings (SSSR count). The number of carbonyl (C=O) groups excluding carboxylic acids is 1. The number of hydrogen-bond acceptors (Lipinski definition) is 3. The predicted octanol–water partition coefficient (Wildman–Crippen LogP) is 3.78. The van der Waals surface area contributed by atoms with Crippen molar-refractivity contribution >= 4 is 17.2 Å². The highest BCUT2D eigenvalue weighted by molar-refractivity contribution is 7.12. The molecule has 0 aliphatic heterocycles. The van der Waals surface area contributed by atoms with E-state index in [2.05, 4.69) is 24.4 Å². The van der Waals surface area contributed by atoms with Crippen molar-refractivity contribution in [2.45, 2.75) is 38.8 Å². The molecule has 21 heavy (non-hydrogen) atoms. The number of thiophene rings is 1. The zero-order valence-corrected chi connectivity index (χ0v) is 12.9. The second-order valence-corrected chi connectivity index (χ2v) is 6.26. The Labute approximate surface area is 129 Å². The summed E-state index contributed by atoms with van der Waals surface area (Å²) in [7, 11) is 0. The number of hydrogen-bond donors (Lipinski definition) is 1. The lowest BCUT2D eigenvalue weighted by molar-refractivity contribution is 0.0955. The molecule has 1 heterocycles. The van der Waals surface area contributed by atoms with Crippen LogP contribution in [0.5, 0.6) is 5.75 Å². The van der Waals surface area contributed by atoms with E-state index >= 15 is 0 Å². The Kier molecular flexibility index (Phi) is 4.25. The number of ether oxygens (including phenoxy) is 1. The summed E-state index contributed by atoms with van der Waals surface area (Å²) in [5.74, 6) is 0.906. The maximum absolute atomic E-state index is 11.9. The standard InChI is InChI=1S/C17H19NO2S/c1-2-12-3-7-15(8-4-12)20-10-13-9-16(21-11-13)17(19)18-14-5-6-14/h3-4,7-9,11,14H,2,5-6,10H2,1H3,(H,18,19). The number of amides is 1. The lowest BCUT2D eigenvalue weighted by atomic mass is 10.2. The minimum absolute atomic E-state index is 0.0426. The van der Waals surface area contributed by atoms with Crippen molar-refractivity contribution in [3.63, 3.8) is 0 Å². The van der Waals surface area contributed by atoms with Gasteiger partial charge in [0.25, 0.3) is 5.91 Å². The average Bonchev–Trinajstić information content (AvgIpc) is 3.19. The second kappa shape index (κ2) is 6.31. The highest BCUT2D eigenvalue weighted by Gasteiger charge is 2.24. The normalized spacial score (nSPS) is 14.0. The van der Waals surface area contributed by atoms with Crippen LogP contribution in [-0.4, -0.2) is 11.9 Å². The maximum Gasteiger partial charge on any atom is 0.261 e. The summed E-state index contributed by atoms with van der Waals surface area (Å²) in [5, 5.41) is 4.99. The summed E-state index contributed by atoms with van der Waals surface area (Å²) < 4.78 is 5.75. The first-order valence-corrected chi connectivity index (χ1v) is 8.22. The molecule has 0 spiro atoms. The summed E-state index contributed by atoms with van der Waals surface area (Å²) in [5.41, 5.74) is 2.34. The molecule has 1 aromatic carbocycles. The number of benzene rings is 1. The Balaban J connectivity index is 1.54. The van der Waals surface area contributed by atoms with Gasteiger partial charge in [0.1, 0.15) is 12.4 Å². The predicted molar refractivity (Wildman–Crippen MR) is 85.0 cm³/mol. The fraction of sp³-hybridized carbons (Fsp3) is 0.353. The Morgan fingerprint density at radius 2 is 2.05 bits per heavy atom. The third kappa shape index (κ3) is 3.85. The molecular formula is C17H19NO2S. The maximum atomic E-state index is 11.9. The number of carbonyl (C=O) groups is 1. The molecule has 0 bridgehead atoms. The van der Waals surface area contributed by atoms with E-state index in [1.54, 1.807) is 0 Å². The van der Waals surface area contributed by atoms with E-state index in [0.29, 0.717) is 12.6 Å². The molecule has 2 aromatic rings. The number of nitrogens with one attached hydrogen (secondary N) is 1. The van der Waals surface area contributed by atoms with Crippen molar-refractivity contribution in [1.82, 2.24) is 5.32 Å². The Morgan fingerprint density at radius 1 is 1.29 bits per heavy atom. The van der Waals surface area contributed by atoms with Crippen LogP contribution in [0.15, 0.2) is 35.7 Å². The van der Waals surface area contributed by atoms with Gasteiger partial charge in [0.05, 0.1) is 4.88 Å². The molecule has 1 aliphatic carbocycles. The van der Waals surface area contributed by atoms with Crippen LogP contribution >= 0.6 is 11.3 Å². The molecule has 0 saturated heterocycles. The third-order valence-electron chi connectivity index (χ3n) is 3.53. The molecule has 3 nitrogen and oxygen atoms in total. The molecule has 1 amide bonds. The highest BCUT2D eigenvalue weighted by atomic mass is 32.1. The van der Waals surface area contributed by atoms with Crippen LogP contribution in [-0.2, 0) is 13.0 Å². The molecule has 0 radical (unpaired) electrons.